The molecule has 0 fully saturated rings. The first-order valence-electron chi connectivity index (χ1n) is 7.19. The Kier molecular flexibility index (Phi) is 3.89. The molecule has 120 valence electrons. The summed E-state index contributed by atoms with van der Waals surface area (Å²) in [6.45, 7) is 4.49. The van der Waals surface area contributed by atoms with Gasteiger partial charge >= 0.3 is 0 Å². The summed E-state index contributed by atoms with van der Waals surface area (Å²) < 4.78 is 28.3. The standard InChI is InChI=1S/C15H16F2N6/c1-8(2)15-22-21-14(23(15)3)7-19-13-6-18-11-4-9(16)10(17)5-12(11)20-13/h4-6,8H,7H2,1-3H3,(H,19,20). The first-order valence-corrected chi connectivity index (χ1v) is 7.19. The summed E-state index contributed by atoms with van der Waals surface area (Å²) >= 11 is 0. The van der Waals surface area contributed by atoms with Crippen LogP contribution < -0.4 is 5.32 Å². The molecule has 0 amide bonds. The summed E-state index contributed by atoms with van der Waals surface area (Å²) in [5.74, 6) is 0.494. The molecule has 0 spiro atoms. The molecule has 8 heteroatoms. The zero-order chi connectivity index (χ0) is 16.6. The van der Waals surface area contributed by atoms with Crippen LogP contribution in [0.2, 0.25) is 0 Å². The van der Waals surface area contributed by atoms with Gasteiger partial charge in [0.25, 0.3) is 0 Å². The molecule has 0 bridgehead atoms. The Balaban J connectivity index is 1.81. The maximum atomic E-state index is 13.3. The zero-order valence-corrected chi connectivity index (χ0v) is 13.0. The molecule has 2 heterocycles. The minimum atomic E-state index is -0.946. The Morgan fingerprint density at radius 2 is 1.83 bits per heavy atom. The Bertz CT molecular complexity index is 859. The van der Waals surface area contributed by atoms with Gasteiger partial charge in [0.2, 0.25) is 0 Å². The quantitative estimate of drug-likeness (QED) is 0.801. The minimum absolute atomic E-state index is 0.277. The molecule has 0 radical (unpaired) electrons. The lowest BCUT2D eigenvalue weighted by atomic mass is 10.2. The number of anilines is 1. The van der Waals surface area contributed by atoms with Crippen LogP contribution in [0, 0.1) is 11.6 Å². The van der Waals surface area contributed by atoms with Crippen molar-refractivity contribution in [3.05, 3.63) is 41.6 Å². The third-order valence-electron chi connectivity index (χ3n) is 3.53. The first-order chi connectivity index (χ1) is 11.0. The topological polar surface area (TPSA) is 68.5 Å². The van der Waals surface area contributed by atoms with Crippen molar-refractivity contribution < 1.29 is 8.78 Å². The van der Waals surface area contributed by atoms with E-state index in [0.717, 1.165) is 23.8 Å². The Morgan fingerprint density at radius 1 is 1.13 bits per heavy atom. The molecule has 6 nitrogen and oxygen atoms in total. The largest absolute Gasteiger partial charge is 0.361 e. The second-order valence-electron chi connectivity index (χ2n) is 5.55. The number of nitrogens with zero attached hydrogens (tertiary/aromatic N) is 5. The molecule has 3 rings (SSSR count). The van der Waals surface area contributed by atoms with Crippen LogP contribution in [0.25, 0.3) is 11.0 Å². The minimum Gasteiger partial charge on any atom is -0.361 e. The maximum Gasteiger partial charge on any atom is 0.161 e. The number of fused-ring (bicyclic) bond motifs is 1. The van der Waals surface area contributed by atoms with Crippen LogP contribution in [0.15, 0.2) is 18.3 Å². The van der Waals surface area contributed by atoms with Gasteiger partial charge in [0.05, 0.1) is 23.8 Å². The molecule has 3 aromatic rings. The predicted octanol–water partition coefficient (Wildman–Crippen LogP) is 2.77. The highest BCUT2D eigenvalue weighted by atomic mass is 19.2. The van der Waals surface area contributed by atoms with Gasteiger partial charge in [0.15, 0.2) is 17.5 Å². The van der Waals surface area contributed by atoms with Gasteiger partial charge < -0.3 is 9.88 Å². The number of halogens is 2. The van der Waals surface area contributed by atoms with E-state index in [1.165, 1.54) is 6.20 Å². The summed E-state index contributed by atoms with van der Waals surface area (Å²) in [6, 6.07) is 2.06. The van der Waals surface area contributed by atoms with Crippen molar-refractivity contribution >= 4 is 16.9 Å². The summed E-state index contributed by atoms with van der Waals surface area (Å²) in [7, 11) is 1.90. The van der Waals surface area contributed by atoms with Gasteiger partial charge in [-0.25, -0.2) is 13.8 Å². The maximum absolute atomic E-state index is 13.3. The summed E-state index contributed by atoms with van der Waals surface area (Å²) in [5.41, 5.74) is 0.588. The molecule has 0 atom stereocenters. The van der Waals surface area contributed by atoms with Gasteiger partial charge in [0.1, 0.15) is 11.6 Å². The lowest BCUT2D eigenvalue weighted by molar-refractivity contribution is 0.510. The van der Waals surface area contributed by atoms with Crippen molar-refractivity contribution in [2.75, 3.05) is 5.32 Å². The zero-order valence-electron chi connectivity index (χ0n) is 13.0. The highest BCUT2D eigenvalue weighted by molar-refractivity contribution is 5.75. The van der Waals surface area contributed by atoms with Gasteiger partial charge in [0, 0.05) is 25.1 Å². The van der Waals surface area contributed by atoms with Crippen molar-refractivity contribution in [1.82, 2.24) is 24.7 Å². The van der Waals surface area contributed by atoms with Crippen molar-refractivity contribution in [1.29, 1.82) is 0 Å². The average molecular weight is 318 g/mol. The third-order valence-corrected chi connectivity index (χ3v) is 3.53. The summed E-state index contributed by atoms with van der Waals surface area (Å²) in [6.07, 6.45) is 1.47. The second kappa shape index (κ2) is 5.86. The smallest absolute Gasteiger partial charge is 0.161 e. The highest BCUT2D eigenvalue weighted by Crippen LogP contribution is 2.17. The lowest BCUT2D eigenvalue weighted by Gasteiger charge is -2.08. The number of rotatable bonds is 4. The van der Waals surface area contributed by atoms with E-state index < -0.39 is 11.6 Å². The van der Waals surface area contributed by atoms with E-state index in [-0.39, 0.29) is 11.4 Å². The molecule has 1 N–H and O–H groups in total. The van der Waals surface area contributed by atoms with E-state index in [1.54, 1.807) is 0 Å². The first kappa shape index (κ1) is 15.3. The van der Waals surface area contributed by atoms with Gasteiger partial charge in [-0.05, 0) is 0 Å². The fourth-order valence-corrected chi connectivity index (χ4v) is 2.29. The van der Waals surface area contributed by atoms with Crippen LogP contribution >= 0.6 is 0 Å². The van der Waals surface area contributed by atoms with Gasteiger partial charge in [-0.2, -0.15) is 0 Å². The fourth-order valence-electron chi connectivity index (χ4n) is 2.29. The van der Waals surface area contributed by atoms with Crippen molar-refractivity contribution in [2.24, 2.45) is 7.05 Å². The molecular formula is C15H16F2N6. The Morgan fingerprint density at radius 3 is 2.48 bits per heavy atom. The average Bonchev–Trinajstić information content (AvgIpc) is 2.87. The van der Waals surface area contributed by atoms with E-state index >= 15 is 0 Å². The Hall–Kier alpha value is -2.64. The monoisotopic (exact) mass is 318 g/mol. The van der Waals surface area contributed by atoms with E-state index in [2.05, 4.69) is 25.5 Å². The van der Waals surface area contributed by atoms with Gasteiger partial charge in [-0.3, -0.25) is 4.98 Å². The normalized spacial score (nSPS) is 11.4. The second-order valence-corrected chi connectivity index (χ2v) is 5.55. The van der Waals surface area contributed by atoms with E-state index in [9.17, 15) is 8.78 Å². The molecule has 0 unspecified atom stereocenters. The van der Waals surface area contributed by atoms with Crippen LogP contribution in [0.1, 0.15) is 31.4 Å². The van der Waals surface area contributed by atoms with Crippen LogP contribution in [-0.2, 0) is 13.6 Å². The molecule has 0 saturated carbocycles. The Labute approximate surface area is 131 Å². The summed E-state index contributed by atoms with van der Waals surface area (Å²) in [4.78, 5) is 8.30. The molecule has 1 aromatic carbocycles. The van der Waals surface area contributed by atoms with Crippen molar-refractivity contribution in [3.8, 4) is 0 Å². The SMILES string of the molecule is CC(C)c1nnc(CNc2cnc3cc(F)c(F)cc3n2)n1C. The van der Waals surface area contributed by atoms with Crippen LogP contribution in [0.4, 0.5) is 14.6 Å². The van der Waals surface area contributed by atoms with Crippen LogP contribution in [0.5, 0.6) is 0 Å². The molecule has 0 saturated heterocycles. The third kappa shape index (κ3) is 2.96. The van der Waals surface area contributed by atoms with Crippen LogP contribution in [0.3, 0.4) is 0 Å². The molecule has 0 aliphatic heterocycles. The molecule has 2 aromatic heterocycles. The number of aromatic nitrogens is 5. The fraction of sp³-hybridized carbons (Fsp3) is 0.333. The number of benzene rings is 1. The van der Waals surface area contributed by atoms with E-state index in [1.807, 2.05) is 25.5 Å². The highest BCUT2D eigenvalue weighted by Gasteiger charge is 2.12. The number of hydrogen-bond acceptors (Lipinski definition) is 5. The molecule has 0 aliphatic carbocycles. The predicted molar refractivity (Wildman–Crippen MR) is 81.9 cm³/mol. The lowest BCUT2D eigenvalue weighted by Crippen LogP contribution is -2.09. The summed E-state index contributed by atoms with van der Waals surface area (Å²) in [5, 5.41) is 11.3. The van der Waals surface area contributed by atoms with Gasteiger partial charge in [-0.15, -0.1) is 10.2 Å². The van der Waals surface area contributed by atoms with E-state index in [4.69, 9.17) is 0 Å². The van der Waals surface area contributed by atoms with Gasteiger partial charge in [-0.1, -0.05) is 13.8 Å². The molecule has 23 heavy (non-hydrogen) atoms. The van der Waals surface area contributed by atoms with Crippen molar-refractivity contribution in [2.45, 2.75) is 26.3 Å². The number of nitrogens with one attached hydrogen (secondary N) is 1. The van der Waals surface area contributed by atoms with Crippen LogP contribution in [-0.4, -0.2) is 24.7 Å². The number of hydrogen-bond donors (Lipinski definition) is 1. The molecule has 0 aliphatic rings. The van der Waals surface area contributed by atoms with E-state index in [0.29, 0.717) is 17.9 Å². The molecular weight excluding hydrogens is 302 g/mol. The van der Waals surface area contributed by atoms with Crippen molar-refractivity contribution in [3.63, 3.8) is 0 Å².